The molecule has 0 aliphatic heterocycles. The maximum atomic E-state index is 10.6. The van der Waals surface area contributed by atoms with Crippen LogP contribution in [0.5, 0.6) is 0 Å². The summed E-state index contributed by atoms with van der Waals surface area (Å²) in [4.78, 5) is 10.6. The van der Waals surface area contributed by atoms with Crippen molar-refractivity contribution in [2.24, 2.45) is 0 Å². The lowest BCUT2D eigenvalue weighted by Gasteiger charge is -2.15. The molecule has 0 saturated carbocycles. The predicted molar refractivity (Wildman–Crippen MR) is 43.2 cm³/mol. The van der Waals surface area contributed by atoms with Crippen LogP contribution in [0.4, 0.5) is 0 Å². The molecular weight excluding hydrogens is 156 g/mol. The largest absolute Gasteiger partial charge is 0.478 e. The lowest BCUT2D eigenvalue weighted by Crippen LogP contribution is -2.14. The Hall–Kier alpha value is -1.25. The average Bonchev–Trinajstić information content (AvgIpc) is 2.30. The van der Waals surface area contributed by atoms with Crippen molar-refractivity contribution in [1.82, 2.24) is 0 Å². The topological polar surface area (TPSA) is 50.4 Å². The molecular formula is C9H11O3. The Bertz CT molecular complexity index is 291. The number of aromatic carboxylic acids is 1. The van der Waals surface area contributed by atoms with E-state index in [0.717, 1.165) is 0 Å². The average molecular weight is 167 g/mol. The van der Waals surface area contributed by atoms with Crippen molar-refractivity contribution in [3.8, 4) is 0 Å². The standard InChI is InChI=1S/C9H11O3/c1-9(2,3)7-6(8(10)11)4-5-12-7/h4H,1-3H3,(H,10,11). The van der Waals surface area contributed by atoms with Crippen LogP contribution in [-0.4, -0.2) is 11.1 Å². The molecule has 0 fully saturated rings. The molecule has 1 aromatic rings. The summed E-state index contributed by atoms with van der Waals surface area (Å²) in [5.74, 6) is -0.500. The molecule has 0 aliphatic rings. The molecule has 3 nitrogen and oxygen atoms in total. The summed E-state index contributed by atoms with van der Waals surface area (Å²) in [6, 6.07) is 1.35. The Morgan fingerprint density at radius 3 is 2.50 bits per heavy atom. The zero-order valence-corrected chi connectivity index (χ0v) is 7.34. The lowest BCUT2D eigenvalue weighted by molar-refractivity contribution is 0.0692. The molecule has 0 unspecified atom stereocenters. The van der Waals surface area contributed by atoms with Crippen LogP contribution < -0.4 is 0 Å². The van der Waals surface area contributed by atoms with Gasteiger partial charge in [0.2, 0.25) is 0 Å². The molecule has 0 aromatic carbocycles. The van der Waals surface area contributed by atoms with E-state index >= 15 is 0 Å². The van der Waals surface area contributed by atoms with Crippen molar-refractivity contribution in [3.63, 3.8) is 0 Å². The van der Waals surface area contributed by atoms with Gasteiger partial charge in [-0.05, 0) is 0 Å². The van der Waals surface area contributed by atoms with Gasteiger partial charge in [-0.2, -0.15) is 0 Å². The third-order valence-electron chi connectivity index (χ3n) is 1.52. The van der Waals surface area contributed by atoms with E-state index in [1.54, 1.807) is 0 Å². The van der Waals surface area contributed by atoms with E-state index in [0.29, 0.717) is 5.76 Å². The molecule has 65 valence electrons. The molecule has 1 radical (unpaired) electrons. The second-order valence-electron chi connectivity index (χ2n) is 3.66. The molecule has 0 saturated heterocycles. The van der Waals surface area contributed by atoms with Gasteiger partial charge in [-0.25, -0.2) is 4.79 Å². The van der Waals surface area contributed by atoms with Crippen molar-refractivity contribution in [2.75, 3.05) is 0 Å². The Labute approximate surface area is 71.0 Å². The number of hydrogen-bond acceptors (Lipinski definition) is 2. The van der Waals surface area contributed by atoms with Crippen LogP contribution in [0.25, 0.3) is 0 Å². The zero-order chi connectivity index (χ0) is 9.35. The first-order valence-electron chi connectivity index (χ1n) is 3.66. The summed E-state index contributed by atoms with van der Waals surface area (Å²) in [6.07, 6.45) is 2.43. The summed E-state index contributed by atoms with van der Waals surface area (Å²) < 4.78 is 4.98. The highest BCUT2D eigenvalue weighted by atomic mass is 16.4. The van der Waals surface area contributed by atoms with Crippen molar-refractivity contribution >= 4 is 5.97 Å². The van der Waals surface area contributed by atoms with Crippen LogP contribution in [0.15, 0.2) is 10.5 Å². The smallest absolute Gasteiger partial charge is 0.339 e. The molecule has 0 amide bonds. The first-order valence-corrected chi connectivity index (χ1v) is 3.66. The fourth-order valence-electron chi connectivity index (χ4n) is 0.984. The number of carboxylic acid groups (broad SMARTS) is 1. The van der Waals surface area contributed by atoms with Gasteiger partial charge in [0.25, 0.3) is 0 Å². The molecule has 3 heteroatoms. The zero-order valence-electron chi connectivity index (χ0n) is 7.34. The lowest BCUT2D eigenvalue weighted by atomic mass is 9.90. The van der Waals surface area contributed by atoms with E-state index in [2.05, 4.69) is 6.26 Å². The minimum absolute atomic E-state index is 0.197. The molecule has 1 rings (SSSR count). The Balaban J connectivity index is 3.17. The SMILES string of the molecule is CC(C)(C)c1o[c]cc1C(=O)O. The number of rotatable bonds is 1. The van der Waals surface area contributed by atoms with Gasteiger partial charge in [0.1, 0.15) is 11.3 Å². The maximum Gasteiger partial charge on any atom is 0.339 e. The van der Waals surface area contributed by atoms with Crippen LogP contribution >= 0.6 is 0 Å². The quantitative estimate of drug-likeness (QED) is 0.696. The summed E-state index contributed by atoms with van der Waals surface area (Å²) in [5.41, 5.74) is -0.0872. The fraction of sp³-hybridized carbons (Fsp3) is 0.444. The summed E-state index contributed by atoms with van der Waals surface area (Å²) in [5, 5.41) is 8.74. The first-order chi connectivity index (χ1) is 5.43. The second-order valence-corrected chi connectivity index (χ2v) is 3.66. The van der Waals surface area contributed by atoms with Crippen LogP contribution in [-0.2, 0) is 5.41 Å². The third kappa shape index (κ3) is 1.49. The third-order valence-corrected chi connectivity index (χ3v) is 1.52. The Morgan fingerprint density at radius 2 is 2.17 bits per heavy atom. The van der Waals surface area contributed by atoms with Gasteiger partial charge in [0.05, 0.1) is 0 Å². The van der Waals surface area contributed by atoms with Gasteiger partial charge in [-0.3, -0.25) is 0 Å². The number of carboxylic acids is 1. The highest BCUT2D eigenvalue weighted by molar-refractivity contribution is 5.88. The van der Waals surface area contributed by atoms with Gasteiger partial charge in [0.15, 0.2) is 6.26 Å². The van der Waals surface area contributed by atoms with Gasteiger partial charge >= 0.3 is 5.97 Å². The van der Waals surface area contributed by atoms with Crippen LogP contribution in [0.1, 0.15) is 36.9 Å². The summed E-state index contributed by atoms with van der Waals surface area (Å²) in [6.45, 7) is 5.68. The molecule has 1 N–H and O–H groups in total. The normalized spacial score (nSPS) is 11.6. The number of hydrogen-bond donors (Lipinski definition) is 1. The number of furan rings is 1. The molecule has 0 bridgehead atoms. The molecule has 0 aliphatic carbocycles. The summed E-state index contributed by atoms with van der Waals surface area (Å²) in [7, 11) is 0. The molecule has 1 heterocycles. The number of carbonyl (C=O) groups is 1. The molecule has 0 atom stereocenters. The molecule has 1 aromatic heterocycles. The monoisotopic (exact) mass is 167 g/mol. The van der Waals surface area contributed by atoms with E-state index in [1.807, 2.05) is 20.8 Å². The van der Waals surface area contributed by atoms with Crippen molar-refractivity contribution in [3.05, 3.63) is 23.7 Å². The van der Waals surface area contributed by atoms with Crippen molar-refractivity contribution in [2.45, 2.75) is 26.2 Å². The highest BCUT2D eigenvalue weighted by Crippen LogP contribution is 2.26. The van der Waals surface area contributed by atoms with Crippen LogP contribution in [0.2, 0.25) is 0 Å². The van der Waals surface area contributed by atoms with Gasteiger partial charge in [0, 0.05) is 11.5 Å². The predicted octanol–water partition coefficient (Wildman–Crippen LogP) is 2.08. The fourth-order valence-corrected chi connectivity index (χ4v) is 0.984. The molecule has 0 spiro atoms. The summed E-state index contributed by atoms with van der Waals surface area (Å²) >= 11 is 0. The van der Waals surface area contributed by atoms with E-state index in [9.17, 15) is 4.79 Å². The Kier molecular flexibility index (Phi) is 1.96. The Morgan fingerprint density at radius 1 is 1.58 bits per heavy atom. The maximum absolute atomic E-state index is 10.6. The molecule has 12 heavy (non-hydrogen) atoms. The minimum Gasteiger partial charge on any atom is -0.478 e. The first kappa shape index (κ1) is 8.84. The van der Waals surface area contributed by atoms with Gasteiger partial charge < -0.3 is 9.52 Å². The van der Waals surface area contributed by atoms with Gasteiger partial charge in [-0.1, -0.05) is 20.8 Å². The highest BCUT2D eigenvalue weighted by Gasteiger charge is 2.25. The van der Waals surface area contributed by atoms with E-state index < -0.39 is 5.97 Å². The van der Waals surface area contributed by atoms with E-state index in [4.69, 9.17) is 9.52 Å². The second kappa shape index (κ2) is 2.66. The van der Waals surface area contributed by atoms with Gasteiger partial charge in [-0.15, -0.1) is 0 Å². The van der Waals surface area contributed by atoms with Crippen LogP contribution in [0, 0.1) is 6.26 Å². The van der Waals surface area contributed by atoms with Crippen molar-refractivity contribution in [1.29, 1.82) is 0 Å². The van der Waals surface area contributed by atoms with E-state index in [-0.39, 0.29) is 11.0 Å². The minimum atomic E-state index is -0.968. The van der Waals surface area contributed by atoms with Crippen molar-refractivity contribution < 1.29 is 14.3 Å². The van der Waals surface area contributed by atoms with E-state index in [1.165, 1.54) is 6.07 Å². The van der Waals surface area contributed by atoms with Crippen LogP contribution in [0.3, 0.4) is 0 Å².